The maximum Gasteiger partial charge on any atom is 0.275 e. The van der Waals surface area contributed by atoms with Crippen molar-refractivity contribution in [2.45, 2.75) is 26.6 Å². The second-order valence-corrected chi connectivity index (χ2v) is 9.22. The molecule has 7 heteroatoms. The Morgan fingerprint density at radius 2 is 1.55 bits per heavy atom. The quantitative estimate of drug-likeness (QED) is 0.306. The van der Waals surface area contributed by atoms with E-state index in [-0.39, 0.29) is 11.7 Å². The number of halogens is 2. The number of nitrogens with zero attached hydrogens (tertiary/aromatic N) is 2. The lowest BCUT2D eigenvalue weighted by Gasteiger charge is -2.21. The highest BCUT2D eigenvalue weighted by atomic mass is 35.5. The van der Waals surface area contributed by atoms with Crippen LogP contribution >= 0.6 is 22.9 Å². The normalized spacial score (nSPS) is 11.0. The Kier molecular flexibility index (Phi) is 7.50. The molecule has 168 valence electrons. The summed E-state index contributed by atoms with van der Waals surface area (Å²) in [6.07, 6.45) is 0. The molecule has 1 N–H and O–H groups in total. The predicted octanol–water partition coefficient (Wildman–Crippen LogP) is 6.70. The number of hydrogen-bond donors (Lipinski definition) is 1. The number of aryl methyl sites for hydroxylation is 1. The first kappa shape index (κ1) is 23.1. The largest absolute Gasteiger partial charge is 0.321 e. The van der Waals surface area contributed by atoms with Crippen molar-refractivity contribution in [3.63, 3.8) is 0 Å². The minimum absolute atomic E-state index is 0.232. The van der Waals surface area contributed by atoms with Crippen molar-refractivity contribution in [1.82, 2.24) is 9.88 Å². The van der Waals surface area contributed by atoms with E-state index in [0.29, 0.717) is 30.4 Å². The molecule has 0 aliphatic rings. The van der Waals surface area contributed by atoms with Crippen LogP contribution < -0.4 is 5.32 Å². The molecule has 1 amide bonds. The molecule has 1 aromatic heterocycles. The van der Waals surface area contributed by atoms with Crippen LogP contribution in [0, 0.1) is 12.7 Å². The number of thiazole rings is 1. The monoisotopic (exact) mass is 479 g/mol. The van der Waals surface area contributed by atoms with Crippen LogP contribution in [0.2, 0.25) is 5.02 Å². The van der Waals surface area contributed by atoms with E-state index in [1.165, 1.54) is 23.5 Å². The van der Waals surface area contributed by atoms with Gasteiger partial charge in [0.25, 0.3) is 5.91 Å². The topological polar surface area (TPSA) is 45.2 Å². The molecule has 0 bridgehead atoms. The Hall–Kier alpha value is -3.06. The van der Waals surface area contributed by atoms with E-state index in [1.807, 2.05) is 55.5 Å². The zero-order valence-corrected chi connectivity index (χ0v) is 19.7. The second kappa shape index (κ2) is 10.7. The van der Waals surface area contributed by atoms with E-state index in [9.17, 15) is 9.18 Å². The highest BCUT2D eigenvalue weighted by Crippen LogP contribution is 2.19. The maximum absolute atomic E-state index is 13.3. The Balaban J connectivity index is 1.47. The molecule has 0 saturated heterocycles. The van der Waals surface area contributed by atoms with Crippen molar-refractivity contribution in [1.29, 1.82) is 0 Å². The van der Waals surface area contributed by atoms with Gasteiger partial charge in [-0.05, 0) is 54.4 Å². The van der Waals surface area contributed by atoms with Gasteiger partial charge in [0.1, 0.15) is 16.5 Å². The van der Waals surface area contributed by atoms with Gasteiger partial charge in [-0.15, -0.1) is 11.3 Å². The van der Waals surface area contributed by atoms with Crippen LogP contribution in [0.1, 0.15) is 32.2 Å². The van der Waals surface area contributed by atoms with Gasteiger partial charge in [-0.3, -0.25) is 9.69 Å². The summed E-state index contributed by atoms with van der Waals surface area (Å²) in [5.74, 6) is -0.490. The standard InChI is InChI=1S/C26H23ClFN3OS/c1-18-2-12-23(13-3-18)29-26(32)24-17-33-25(30-24)16-31(14-19-4-8-21(27)9-5-19)15-20-6-10-22(28)11-7-20/h2-13,17H,14-16H2,1H3,(H,29,32). The fourth-order valence-electron chi connectivity index (χ4n) is 3.37. The molecule has 4 rings (SSSR count). The van der Waals surface area contributed by atoms with Crippen molar-refractivity contribution in [3.05, 3.63) is 116 Å². The predicted molar refractivity (Wildman–Crippen MR) is 132 cm³/mol. The first-order valence-electron chi connectivity index (χ1n) is 10.5. The van der Waals surface area contributed by atoms with Crippen molar-refractivity contribution < 1.29 is 9.18 Å². The summed E-state index contributed by atoms with van der Waals surface area (Å²) in [4.78, 5) is 19.4. The van der Waals surface area contributed by atoms with Crippen LogP contribution in [0.5, 0.6) is 0 Å². The lowest BCUT2D eigenvalue weighted by atomic mass is 10.1. The molecule has 0 fully saturated rings. The number of amides is 1. The van der Waals surface area contributed by atoms with Gasteiger partial charge in [-0.1, -0.05) is 53.6 Å². The van der Waals surface area contributed by atoms with Gasteiger partial charge in [-0.2, -0.15) is 0 Å². The molecule has 0 radical (unpaired) electrons. The van der Waals surface area contributed by atoms with E-state index in [2.05, 4.69) is 15.2 Å². The molecule has 0 aliphatic carbocycles. The third-order valence-corrected chi connectivity index (χ3v) is 6.18. The fraction of sp³-hybridized carbons (Fsp3) is 0.154. The third-order valence-electron chi connectivity index (χ3n) is 5.09. The Morgan fingerprint density at radius 3 is 2.18 bits per heavy atom. The number of carbonyl (C=O) groups is 1. The molecule has 4 nitrogen and oxygen atoms in total. The maximum atomic E-state index is 13.3. The smallest absolute Gasteiger partial charge is 0.275 e. The minimum atomic E-state index is -0.257. The molecule has 1 heterocycles. The van der Waals surface area contributed by atoms with Gasteiger partial charge in [0, 0.05) is 29.2 Å². The summed E-state index contributed by atoms with van der Waals surface area (Å²) in [5.41, 5.74) is 4.37. The van der Waals surface area contributed by atoms with Gasteiger partial charge < -0.3 is 5.32 Å². The molecule has 0 spiro atoms. The van der Waals surface area contributed by atoms with Crippen molar-refractivity contribution >= 4 is 34.5 Å². The second-order valence-electron chi connectivity index (χ2n) is 7.84. The fourth-order valence-corrected chi connectivity index (χ4v) is 4.32. The number of hydrogen-bond acceptors (Lipinski definition) is 4. The van der Waals surface area contributed by atoms with E-state index in [1.54, 1.807) is 17.5 Å². The summed E-state index contributed by atoms with van der Waals surface area (Å²) in [6, 6.07) is 21.9. The van der Waals surface area contributed by atoms with Crippen LogP contribution in [0.15, 0.2) is 78.2 Å². The summed E-state index contributed by atoms with van der Waals surface area (Å²) in [7, 11) is 0. The number of rotatable bonds is 8. The van der Waals surface area contributed by atoms with E-state index < -0.39 is 0 Å². The van der Waals surface area contributed by atoms with Crippen molar-refractivity contribution in [2.24, 2.45) is 0 Å². The molecule has 33 heavy (non-hydrogen) atoms. The first-order valence-corrected chi connectivity index (χ1v) is 11.7. The van der Waals surface area contributed by atoms with Crippen LogP contribution in [-0.2, 0) is 19.6 Å². The Labute approximate surface area is 201 Å². The number of nitrogens with one attached hydrogen (secondary N) is 1. The molecule has 0 aliphatic heterocycles. The molecule has 0 atom stereocenters. The zero-order valence-electron chi connectivity index (χ0n) is 18.1. The molecule has 4 aromatic rings. The third kappa shape index (κ3) is 6.71. The summed E-state index contributed by atoms with van der Waals surface area (Å²) < 4.78 is 13.3. The summed E-state index contributed by atoms with van der Waals surface area (Å²) >= 11 is 7.48. The summed E-state index contributed by atoms with van der Waals surface area (Å²) in [5, 5.41) is 6.18. The van der Waals surface area contributed by atoms with Gasteiger partial charge in [-0.25, -0.2) is 9.37 Å². The van der Waals surface area contributed by atoms with E-state index in [4.69, 9.17) is 11.6 Å². The number of carbonyl (C=O) groups excluding carboxylic acids is 1. The SMILES string of the molecule is Cc1ccc(NC(=O)c2csc(CN(Cc3ccc(F)cc3)Cc3ccc(Cl)cc3)n2)cc1. The highest BCUT2D eigenvalue weighted by molar-refractivity contribution is 7.09. The van der Waals surface area contributed by atoms with Crippen molar-refractivity contribution in [2.75, 3.05) is 5.32 Å². The van der Waals surface area contributed by atoms with Crippen LogP contribution in [-0.4, -0.2) is 15.8 Å². The number of anilines is 1. The lowest BCUT2D eigenvalue weighted by Crippen LogP contribution is -2.22. The van der Waals surface area contributed by atoms with E-state index in [0.717, 1.165) is 27.4 Å². The molecule has 0 saturated carbocycles. The summed E-state index contributed by atoms with van der Waals surface area (Å²) in [6.45, 7) is 3.84. The van der Waals surface area contributed by atoms with E-state index >= 15 is 0 Å². The van der Waals surface area contributed by atoms with Crippen LogP contribution in [0.4, 0.5) is 10.1 Å². The first-order chi connectivity index (χ1) is 15.9. The highest BCUT2D eigenvalue weighted by Gasteiger charge is 2.15. The van der Waals surface area contributed by atoms with Crippen LogP contribution in [0.25, 0.3) is 0 Å². The average molecular weight is 480 g/mol. The lowest BCUT2D eigenvalue weighted by molar-refractivity contribution is 0.102. The number of aromatic nitrogens is 1. The zero-order chi connectivity index (χ0) is 23.2. The number of benzene rings is 3. The minimum Gasteiger partial charge on any atom is -0.321 e. The van der Waals surface area contributed by atoms with Gasteiger partial charge in [0.2, 0.25) is 0 Å². The Bertz CT molecular complexity index is 1160. The molecule has 3 aromatic carbocycles. The molecular formula is C26H23ClFN3OS. The van der Waals surface area contributed by atoms with Gasteiger partial charge in [0.15, 0.2) is 0 Å². The van der Waals surface area contributed by atoms with Gasteiger partial charge in [0.05, 0.1) is 6.54 Å². The average Bonchev–Trinajstić information content (AvgIpc) is 3.27. The molecule has 0 unspecified atom stereocenters. The Morgan fingerprint density at radius 1 is 0.939 bits per heavy atom. The van der Waals surface area contributed by atoms with Crippen LogP contribution in [0.3, 0.4) is 0 Å². The van der Waals surface area contributed by atoms with Crippen molar-refractivity contribution in [3.8, 4) is 0 Å². The van der Waals surface area contributed by atoms with Gasteiger partial charge >= 0.3 is 0 Å². The molecular weight excluding hydrogens is 457 g/mol.